The standard InChI is InChI=1S/C22H22N4O2/c1-13-7-14(11-23)9-16(8-13)15-5-6-18-17(10-15)22(12-21(2,3)28-18)19(27)26(4)20(24)25-22/h5-10H,12H2,1-4H3,(H2,24,25). The molecule has 2 aliphatic rings. The Balaban J connectivity index is 1.93. The average Bonchev–Trinajstić information content (AvgIpc) is 2.84. The van der Waals surface area contributed by atoms with Crippen LogP contribution < -0.4 is 10.5 Å². The van der Waals surface area contributed by atoms with Crippen molar-refractivity contribution in [1.82, 2.24) is 4.90 Å². The Kier molecular flexibility index (Phi) is 3.76. The lowest BCUT2D eigenvalue weighted by Crippen LogP contribution is -2.49. The molecule has 0 fully saturated rings. The van der Waals surface area contributed by atoms with E-state index in [9.17, 15) is 10.1 Å². The molecule has 28 heavy (non-hydrogen) atoms. The predicted octanol–water partition coefficient (Wildman–Crippen LogP) is 3.08. The van der Waals surface area contributed by atoms with Crippen LogP contribution in [-0.4, -0.2) is 29.4 Å². The number of ether oxygens (including phenoxy) is 1. The van der Waals surface area contributed by atoms with E-state index in [4.69, 9.17) is 10.5 Å². The van der Waals surface area contributed by atoms with Crippen LogP contribution in [0.1, 0.15) is 37.0 Å². The largest absolute Gasteiger partial charge is 0.487 e. The van der Waals surface area contributed by atoms with E-state index in [-0.39, 0.29) is 11.9 Å². The van der Waals surface area contributed by atoms with Gasteiger partial charge in [-0.2, -0.15) is 5.26 Å². The second kappa shape index (κ2) is 5.83. The summed E-state index contributed by atoms with van der Waals surface area (Å²) in [5, 5.41) is 9.29. The second-order valence-corrected chi connectivity index (χ2v) is 8.14. The number of rotatable bonds is 1. The number of aryl methyl sites for hydroxylation is 1. The summed E-state index contributed by atoms with van der Waals surface area (Å²) in [6.45, 7) is 5.85. The minimum absolute atomic E-state index is 0.151. The van der Waals surface area contributed by atoms with Crippen LogP contribution in [0.15, 0.2) is 41.4 Å². The molecule has 0 aliphatic carbocycles. The van der Waals surface area contributed by atoms with Gasteiger partial charge >= 0.3 is 0 Å². The van der Waals surface area contributed by atoms with Gasteiger partial charge in [0.25, 0.3) is 5.91 Å². The highest BCUT2D eigenvalue weighted by molar-refractivity contribution is 6.07. The Morgan fingerprint density at radius 1 is 1.21 bits per heavy atom. The van der Waals surface area contributed by atoms with E-state index < -0.39 is 11.1 Å². The maximum absolute atomic E-state index is 13.2. The smallest absolute Gasteiger partial charge is 0.261 e. The molecule has 2 aliphatic heterocycles. The lowest BCUT2D eigenvalue weighted by Gasteiger charge is -2.41. The number of aliphatic imine (C=N–C) groups is 1. The molecule has 0 bridgehead atoms. The maximum Gasteiger partial charge on any atom is 0.261 e. The molecule has 4 rings (SSSR count). The second-order valence-electron chi connectivity index (χ2n) is 8.14. The fraction of sp³-hybridized carbons (Fsp3) is 0.318. The number of likely N-dealkylation sites (N-methyl/N-ethyl adjacent to an activating group) is 1. The molecule has 1 unspecified atom stereocenters. The molecule has 6 heteroatoms. The van der Waals surface area contributed by atoms with Gasteiger partial charge in [-0.05, 0) is 61.7 Å². The molecule has 2 aromatic carbocycles. The first-order valence-corrected chi connectivity index (χ1v) is 9.14. The van der Waals surface area contributed by atoms with E-state index in [0.717, 1.165) is 16.7 Å². The molecule has 2 heterocycles. The van der Waals surface area contributed by atoms with E-state index in [1.165, 1.54) is 4.90 Å². The summed E-state index contributed by atoms with van der Waals surface area (Å²) in [7, 11) is 1.64. The summed E-state index contributed by atoms with van der Waals surface area (Å²) >= 11 is 0. The zero-order chi connectivity index (χ0) is 20.3. The molecule has 142 valence electrons. The summed E-state index contributed by atoms with van der Waals surface area (Å²) in [4.78, 5) is 19.2. The molecule has 1 spiro atoms. The number of amides is 1. The number of carbonyl (C=O) groups is 1. The summed E-state index contributed by atoms with van der Waals surface area (Å²) in [5.41, 5.74) is 8.47. The van der Waals surface area contributed by atoms with Crippen LogP contribution >= 0.6 is 0 Å². The zero-order valence-electron chi connectivity index (χ0n) is 16.4. The van der Waals surface area contributed by atoms with Crippen molar-refractivity contribution in [3.63, 3.8) is 0 Å². The highest BCUT2D eigenvalue weighted by Crippen LogP contribution is 2.49. The molecular weight excluding hydrogens is 352 g/mol. The molecule has 6 nitrogen and oxygen atoms in total. The molecule has 1 atom stereocenters. The van der Waals surface area contributed by atoms with Crippen LogP contribution in [0.25, 0.3) is 11.1 Å². The number of carbonyl (C=O) groups excluding carboxylic acids is 1. The minimum Gasteiger partial charge on any atom is -0.487 e. The quantitative estimate of drug-likeness (QED) is 0.830. The lowest BCUT2D eigenvalue weighted by atomic mass is 9.77. The van der Waals surface area contributed by atoms with E-state index >= 15 is 0 Å². The van der Waals surface area contributed by atoms with Crippen LogP contribution in [0.2, 0.25) is 0 Å². The highest BCUT2D eigenvalue weighted by Gasteiger charge is 2.55. The highest BCUT2D eigenvalue weighted by atomic mass is 16.5. The van der Waals surface area contributed by atoms with Gasteiger partial charge in [-0.3, -0.25) is 9.69 Å². The van der Waals surface area contributed by atoms with E-state index in [0.29, 0.717) is 23.3 Å². The van der Waals surface area contributed by atoms with Gasteiger partial charge in [0.1, 0.15) is 11.4 Å². The summed E-state index contributed by atoms with van der Waals surface area (Å²) < 4.78 is 6.15. The van der Waals surface area contributed by atoms with Crippen molar-refractivity contribution < 1.29 is 9.53 Å². The van der Waals surface area contributed by atoms with Gasteiger partial charge in [0.2, 0.25) is 0 Å². The number of nitriles is 1. The fourth-order valence-corrected chi connectivity index (χ4v) is 4.17. The predicted molar refractivity (Wildman–Crippen MR) is 107 cm³/mol. The Morgan fingerprint density at radius 2 is 1.96 bits per heavy atom. The third-order valence-corrected chi connectivity index (χ3v) is 5.34. The monoisotopic (exact) mass is 374 g/mol. The van der Waals surface area contributed by atoms with Crippen molar-refractivity contribution in [2.24, 2.45) is 10.7 Å². The van der Waals surface area contributed by atoms with E-state index in [2.05, 4.69) is 11.1 Å². The van der Waals surface area contributed by atoms with Crippen molar-refractivity contribution in [3.8, 4) is 22.9 Å². The van der Waals surface area contributed by atoms with Crippen molar-refractivity contribution >= 4 is 11.9 Å². The third kappa shape index (κ3) is 2.63. The van der Waals surface area contributed by atoms with Gasteiger partial charge in [0.15, 0.2) is 11.5 Å². The van der Waals surface area contributed by atoms with Crippen LogP contribution in [0, 0.1) is 18.3 Å². The number of hydrogen-bond acceptors (Lipinski definition) is 5. The zero-order valence-corrected chi connectivity index (χ0v) is 16.4. The number of nitrogens with zero attached hydrogens (tertiary/aromatic N) is 3. The first-order chi connectivity index (χ1) is 13.1. The number of nitrogens with two attached hydrogens (primary N) is 1. The SMILES string of the molecule is Cc1cc(C#N)cc(-c2ccc3c(c2)C2(CC(C)(C)O3)N=C(N)N(C)C2=O)c1. The molecule has 0 aromatic heterocycles. The van der Waals surface area contributed by atoms with Crippen LogP contribution in [-0.2, 0) is 10.3 Å². The number of guanidine groups is 1. The van der Waals surface area contributed by atoms with E-state index in [1.807, 2.05) is 57.2 Å². The first-order valence-electron chi connectivity index (χ1n) is 9.14. The Bertz CT molecular complexity index is 1080. The van der Waals surface area contributed by atoms with Crippen molar-refractivity contribution in [2.45, 2.75) is 38.3 Å². The normalized spacial score (nSPS) is 22.5. The number of fused-ring (bicyclic) bond motifs is 2. The third-order valence-electron chi connectivity index (χ3n) is 5.34. The molecule has 0 saturated carbocycles. The Hall–Kier alpha value is -3.33. The van der Waals surface area contributed by atoms with E-state index in [1.54, 1.807) is 7.05 Å². The van der Waals surface area contributed by atoms with Gasteiger partial charge in [0.05, 0.1) is 11.6 Å². The molecule has 2 aromatic rings. The first kappa shape index (κ1) is 18.1. The molecule has 1 amide bonds. The van der Waals surface area contributed by atoms with Crippen LogP contribution in [0.5, 0.6) is 5.75 Å². The van der Waals surface area contributed by atoms with Crippen molar-refractivity contribution in [3.05, 3.63) is 53.1 Å². The van der Waals surface area contributed by atoms with Crippen molar-refractivity contribution in [1.29, 1.82) is 5.26 Å². The van der Waals surface area contributed by atoms with Crippen LogP contribution in [0.4, 0.5) is 0 Å². The number of hydrogen-bond donors (Lipinski definition) is 1. The summed E-state index contributed by atoms with van der Waals surface area (Å²) in [6, 6.07) is 13.7. The summed E-state index contributed by atoms with van der Waals surface area (Å²) in [6.07, 6.45) is 0.400. The Labute approximate surface area is 164 Å². The van der Waals surface area contributed by atoms with Gasteiger partial charge in [0, 0.05) is 19.0 Å². The van der Waals surface area contributed by atoms with Gasteiger partial charge in [-0.15, -0.1) is 0 Å². The molecule has 2 N–H and O–H groups in total. The molecule has 0 saturated heterocycles. The fourth-order valence-electron chi connectivity index (χ4n) is 4.17. The Morgan fingerprint density at radius 3 is 2.61 bits per heavy atom. The maximum atomic E-state index is 13.2. The van der Waals surface area contributed by atoms with Gasteiger partial charge in [-0.25, -0.2) is 4.99 Å². The average molecular weight is 374 g/mol. The molecular formula is C22H22N4O2. The van der Waals surface area contributed by atoms with Gasteiger partial charge < -0.3 is 10.5 Å². The molecule has 0 radical (unpaired) electrons. The van der Waals surface area contributed by atoms with Gasteiger partial charge in [-0.1, -0.05) is 12.1 Å². The lowest BCUT2D eigenvalue weighted by molar-refractivity contribution is -0.133. The topological polar surface area (TPSA) is 91.7 Å². The van der Waals surface area contributed by atoms with Crippen molar-refractivity contribution in [2.75, 3.05) is 7.05 Å². The minimum atomic E-state index is -1.09. The number of benzene rings is 2. The van der Waals surface area contributed by atoms with Crippen LogP contribution in [0.3, 0.4) is 0 Å². The summed E-state index contributed by atoms with van der Waals surface area (Å²) in [5.74, 6) is 0.691.